The fraction of sp³-hybridized carbons (Fsp3) is 0. The summed E-state index contributed by atoms with van der Waals surface area (Å²) in [5.74, 6) is 0.181. The minimum atomic E-state index is 0.181. The molecule has 3 nitrogen and oxygen atoms in total. The Labute approximate surface area is 144 Å². The Kier molecular flexibility index (Phi) is 4.85. The van der Waals surface area contributed by atoms with E-state index in [0.29, 0.717) is 21.8 Å². The molecule has 0 amide bonds. The molecule has 1 N–H and O–H groups in total. The molecule has 0 saturated carbocycles. The fourth-order valence-corrected chi connectivity index (χ4v) is 2.98. The maximum atomic E-state index is 9.91. The van der Waals surface area contributed by atoms with Crippen molar-refractivity contribution in [3.05, 3.63) is 82.7 Å². The van der Waals surface area contributed by atoms with E-state index in [0.717, 1.165) is 5.56 Å². The number of phenolic OH excluding ortho intramolecular Hbond substituents is 1. The topological polar surface area (TPSA) is 56.9 Å². The van der Waals surface area contributed by atoms with Gasteiger partial charge in [0.25, 0.3) is 0 Å². The van der Waals surface area contributed by atoms with Gasteiger partial charge >= 0.3 is 0 Å². The van der Waals surface area contributed by atoms with Crippen molar-refractivity contribution >= 4 is 23.0 Å². The van der Waals surface area contributed by atoms with Crippen molar-refractivity contribution in [2.24, 2.45) is 0 Å². The molecule has 0 aliphatic carbocycles. The highest BCUT2D eigenvalue weighted by Crippen LogP contribution is 2.31. The van der Waals surface area contributed by atoms with E-state index in [9.17, 15) is 10.4 Å². The third kappa shape index (κ3) is 3.60. The van der Waals surface area contributed by atoms with Crippen LogP contribution in [0.2, 0.25) is 0 Å². The van der Waals surface area contributed by atoms with Crippen LogP contribution in [0, 0.1) is 11.3 Å². The Morgan fingerprint density at radius 3 is 2.58 bits per heavy atom. The summed E-state index contributed by atoms with van der Waals surface area (Å²) in [7, 11) is 0. The molecule has 4 heteroatoms. The summed E-state index contributed by atoms with van der Waals surface area (Å²) in [6, 6.07) is 19.1. The van der Waals surface area contributed by atoms with Crippen LogP contribution in [0.5, 0.6) is 5.75 Å². The van der Waals surface area contributed by atoms with Gasteiger partial charge in [-0.2, -0.15) is 5.26 Å². The molecule has 2 aromatic carbocycles. The van der Waals surface area contributed by atoms with Crippen molar-refractivity contribution in [1.29, 1.82) is 5.26 Å². The molecule has 116 valence electrons. The predicted octanol–water partition coefficient (Wildman–Crippen LogP) is 5.14. The smallest absolute Gasteiger partial charge is 0.134 e. The van der Waals surface area contributed by atoms with E-state index in [1.54, 1.807) is 24.3 Å². The lowest BCUT2D eigenvalue weighted by atomic mass is 10.1. The van der Waals surface area contributed by atoms with Crippen molar-refractivity contribution in [3.8, 4) is 23.1 Å². The van der Waals surface area contributed by atoms with Crippen LogP contribution in [-0.4, -0.2) is 10.1 Å². The summed E-state index contributed by atoms with van der Waals surface area (Å²) >= 11 is 1.39. The number of hydrogen-bond donors (Lipinski definition) is 1. The highest BCUT2D eigenvalue weighted by molar-refractivity contribution is 7.11. The second-order valence-corrected chi connectivity index (χ2v) is 5.88. The summed E-state index contributed by atoms with van der Waals surface area (Å²) in [5.41, 5.74) is 2.90. The third-order valence-corrected chi connectivity index (χ3v) is 4.26. The van der Waals surface area contributed by atoms with Gasteiger partial charge in [0.05, 0.1) is 11.3 Å². The average molecular weight is 330 g/mol. The standard InChI is InChI=1S/C20H14N2OS/c21-13-16(10-6-9-15-7-2-1-3-8-15)20-22-18(14-24-20)17-11-4-5-12-19(17)23/h1-12,14,23H. The van der Waals surface area contributed by atoms with E-state index in [4.69, 9.17) is 0 Å². The molecule has 0 radical (unpaired) electrons. The van der Waals surface area contributed by atoms with Crippen molar-refractivity contribution < 1.29 is 5.11 Å². The molecular formula is C20H14N2OS. The van der Waals surface area contributed by atoms with E-state index < -0.39 is 0 Å². The molecule has 0 atom stereocenters. The molecule has 0 spiro atoms. The number of aromatic hydroxyl groups is 1. The average Bonchev–Trinajstić information content (AvgIpc) is 3.10. The van der Waals surface area contributed by atoms with E-state index >= 15 is 0 Å². The minimum absolute atomic E-state index is 0.181. The normalized spacial score (nSPS) is 11.5. The molecule has 1 aromatic heterocycles. The van der Waals surface area contributed by atoms with E-state index in [1.807, 2.05) is 53.9 Å². The van der Waals surface area contributed by atoms with Crippen LogP contribution in [-0.2, 0) is 0 Å². The van der Waals surface area contributed by atoms with Crippen LogP contribution in [0.4, 0.5) is 0 Å². The number of thiazole rings is 1. The zero-order valence-corrected chi connectivity index (χ0v) is 13.6. The first-order chi connectivity index (χ1) is 11.8. The highest BCUT2D eigenvalue weighted by atomic mass is 32.1. The SMILES string of the molecule is N#CC(=CC=Cc1ccccc1)c1nc(-c2ccccc2O)cs1. The summed E-state index contributed by atoms with van der Waals surface area (Å²) in [6.45, 7) is 0. The molecule has 0 aliphatic rings. The summed E-state index contributed by atoms with van der Waals surface area (Å²) in [4.78, 5) is 4.47. The number of nitrogens with zero attached hydrogens (tertiary/aromatic N) is 2. The number of aromatic nitrogens is 1. The summed E-state index contributed by atoms with van der Waals surface area (Å²) in [5, 5.41) is 21.8. The van der Waals surface area contributed by atoms with Crippen LogP contribution < -0.4 is 0 Å². The number of allylic oxidation sites excluding steroid dienone is 3. The van der Waals surface area contributed by atoms with E-state index in [1.165, 1.54) is 11.3 Å². The monoisotopic (exact) mass is 330 g/mol. The molecule has 3 aromatic rings. The van der Waals surface area contributed by atoms with Gasteiger partial charge in [0.2, 0.25) is 0 Å². The van der Waals surface area contributed by atoms with Gasteiger partial charge in [0.15, 0.2) is 0 Å². The third-order valence-electron chi connectivity index (χ3n) is 3.39. The van der Waals surface area contributed by atoms with Crippen LogP contribution in [0.1, 0.15) is 10.6 Å². The first-order valence-electron chi connectivity index (χ1n) is 7.35. The molecule has 1 heterocycles. The zero-order valence-electron chi connectivity index (χ0n) is 12.8. The fourth-order valence-electron chi connectivity index (χ4n) is 2.19. The quantitative estimate of drug-likeness (QED) is 0.532. The number of benzene rings is 2. The number of nitriles is 1. The van der Waals surface area contributed by atoms with Crippen LogP contribution in [0.15, 0.2) is 72.1 Å². The molecule has 3 rings (SSSR count). The lowest BCUT2D eigenvalue weighted by Gasteiger charge is -1.99. The van der Waals surface area contributed by atoms with Gasteiger partial charge in [-0.3, -0.25) is 0 Å². The van der Waals surface area contributed by atoms with Gasteiger partial charge in [0.1, 0.15) is 16.8 Å². The minimum Gasteiger partial charge on any atom is -0.507 e. The summed E-state index contributed by atoms with van der Waals surface area (Å²) in [6.07, 6.45) is 5.53. The second kappa shape index (κ2) is 7.40. The van der Waals surface area contributed by atoms with Crippen molar-refractivity contribution in [3.63, 3.8) is 0 Å². The molecule has 0 bridgehead atoms. The number of para-hydroxylation sites is 1. The van der Waals surface area contributed by atoms with Crippen LogP contribution in [0.25, 0.3) is 22.9 Å². The van der Waals surface area contributed by atoms with Gasteiger partial charge in [0, 0.05) is 10.9 Å². The molecule has 0 saturated heterocycles. The Hall–Kier alpha value is -3.16. The first-order valence-corrected chi connectivity index (χ1v) is 8.23. The Morgan fingerprint density at radius 1 is 1.08 bits per heavy atom. The van der Waals surface area contributed by atoms with Gasteiger partial charge in [-0.15, -0.1) is 11.3 Å². The lowest BCUT2D eigenvalue weighted by Crippen LogP contribution is -1.82. The Bertz CT molecular complexity index is 934. The second-order valence-electron chi connectivity index (χ2n) is 5.02. The number of phenols is 1. The van der Waals surface area contributed by atoms with Gasteiger partial charge in [-0.25, -0.2) is 4.98 Å². The summed E-state index contributed by atoms with van der Waals surface area (Å²) < 4.78 is 0. The largest absolute Gasteiger partial charge is 0.507 e. The molecular weight excluding hydrogens is 316 g/mol. The van der Waals surface area contributed by atoms with Gasteiger partial charge in [-0.1, -0.05) is 54.6 Å². The van der Waals surface area contributed by atoms with E-state index in [2.05, 4.69) is 11.1 Å². The molecule has 0 aliphatic heterocycles. The Balaban J connectivity index is 1.85. The predicted molar refractivity (Wildman–Crippen MR) is 98.3 cm³/mol. The van der Waals surface area contributed by atoms with Gasteiger partial charge in [-0.05, 0) is 23.8 Å². The highest BCUT2D eigenvalue weighted by Gasteiger charge is 2.10. The lowest BCUT2D eigenvalue weighted by molar-refractivity contribution is 0.477. The zero-order chi connectivity index (χ0) is 16.8. The molecule has 0 unspecified atom stereocenters. The Morgan fingerprint density at radius 2 is 1.83 bits per heavy atom. The van der Waals surface area contributed by atoms with Gasteiger partial charge < -0.3 is 5.11 Å². The molecule has 24 heavy (non-hydrogen) atoms. The maximum Gasteiger partial charge on any atom is 0.134 e. The maximum absolute atomic E-state index is 9.91. The van der Waals surface area contributed by atoms with E-state index in [-0.39, 0.29) is 5.75 Å². The van der Waals surface area contributed by atoms with Crippen LogP contribution in [0.3, 0.4) is 0 Å². The van der Waals surface area contributed by atoms with Crippen LogP contribution >= 0.6 is 11.3 Å². The first kappa shape index (κ1) is 15.7. The van der Waals surface area contributed by atoms with Crippen molar-refractivity contribution in [2.45, 2.75) is 0 Å². The van der Waals surface area contributed by atoms with Crippen molar-refractivity contribution in [2.75, 3.05) is 0 Å². The number of hydrogen-bond acceptors (Lipinski definition) is 4. The molecule has 0 fully saturated rings. The number of rotatable bonds is 4. The van der Waals surface area contributed by atoms with Crippen molar-refractivity contribution in [1.82, 2.24) is 4.98 Å².